The second-order valence-electron chi connectivity index (χ2n) is 13.2. The van der Waals surface area contributed by atoms with Crippen LogP contribution in [-0.4, -0.2) is 23.6 Å². The molecular formula is C44H44N2O3S. The third-order valence-electron chi connectivity index (χ3n) is 8.41. The molecule has 6 rings (SSSR count). The van der Waals surface area contributed by atoms with Crippen LogP contribution in [0.15, 0.2) is 158 Å². The van der Waals surface area contributed by atoms with Crippen molar-refractivity contribution >= 4 is 34.3 Å². The van der Waals surface area contributed by atoms with Crippen LogP contribution in [0.1, 0.15) is 49.4 Å². The van der Waals surface area contributed by atoms with E-state index in [1.807, 2.05) is 62.9 Å². The zero-order chi connectivity index (χ0) is 34.8. The summed E-state index contributed by atoms with van der Waals surface area (Å²) in [6, 6.07) is 54.4. The van der Waals surface area contributed by atoms with Crippen molar-refractivity contribution in [2.24, 2.45) is 0 Å². The van der Waals surface area contributed by atoms with Crippen molar-refractivity contribution < 1.29 is 14.3 Å². The number of ether oxygens (including phenoxy) is 2. The molecule has 50 heavy (non-hydrogen) atoms. The fourth-order valence-corrected chi connectivity index (χ4v) is 7.75. The molecule has 6 heteroatoms. The van der Waals surface area contributed by atoms with Gasteiger partial charge in [-0.1, -0.05) is 140 Å². The summed E-state index contributed by atoms with van der Waals surface area (Å²) >= 11 is 1.86. The maximum atomic E-state index is 13.1. The Hall–Kier alpha value is -5.20. The minimum atomic E-state index is -0.623. The lowest BCUT2D eigenvalue weighted by molar-refractivity contribution is 0.0509. The van der Waals surface area contributed by atoms with E-state index in [2.05, 4.69) is 138 Å². The molecule has 5 nitrogen and oxygen atoms in total. The number of alkyl carbamates (subject to hydrolysis) is 1. The molecule has 0 aliphatic rings. The van der Waals surface area contributed by atoms with Gasteiger partial charge in [0.1, 0.15) is 24.1 Å². The van der Waals surface area contributed by atoms with Crippen LogP contribution >= 0.6 is 11.8 Å². The third-order valence-corrected chi connectivity index (χ3v) is 9.99. The van der Waals surface area contributed by atoms with E-state index in [0.717, 1.165) is 22.8 Å². The van der Waals surface area contributed by atoms with Gasteiger partial charge in [-0.3, -0.25) is 0 Å². The maximum absolute atomic E-state index is 13.1. The minimum absolute atomic E-state index is 0.411. The number of carbonyl (C=O) groups excluding carboxylic acids is 1. The van der Waals surface area contributed by atoms with Crippen molar-refractivity contribution in [3.05, 3.63) is 180 Å². The summed E-state index contributed by atoms with van der Waals surface area (Å²) in [5.41, 5.74) is 4.93. The van der Waals surface area contributed by atoms with Crippen LogP contribution in [0.3, 0.4) is 0 Å². The molecule has 0 unspecified atom stereocenters. The van der Waals surface area contributed by atoms with Crippen LogP contribution in [0, 0.1) is 0 Å². The van der Waals surface area contributed by atoms with E-state index in [1.54, 1.807) is 0 Å². The second-order valence-corrected chi connectivity index (χ2v) is 14.5. The number of thioether (sulfide) groups is 1. The molecule has 1 amide bonds. The molecule has 0 aliphatic heterocycles. The standard InChI is InChI=1S/C44H44N2O3S/c1-43(2,3)49-42(47)46-41(45-38-26-16-27-39(31-38)48-32-34-19-15-18-33-17-13-14-28-40(33)34)29-30-50-44(35-20-7-4-8-21-35,36-22-9-5-10-23-36)37-24-11-6-12-25-37/h4-28,31,41,45H,29-30,32H2,1-3H3,(H,46,47)/t41-/m1/s1. The first kappa shape index (κ1) is 34.7. The Balaban J connectivity index is 1.24. The van der Waals surface area contributed by atoms with Crippen molar-refractivity contribution in [3.8, 4) is 5.75 Å². The molecule has 254 valence electrons. The number of nitrogens with one attached hydrogen (secondary N) is 2. The zero-order valence-electron chi connectivity index (χ0n) is 28.8. The molecule has 0 aliphatic carbocycles. The summed E-state index contributed by atoms with van der Waals surface area (Å²) in [6.07, 6.45) is -0.256. The molecule has 0 aromatic heterocycles. The number of fused-ring (bicyclic) bond motifs is 1. The quantitative estimate of drug-likeness (QED) is 0.0939. The average molecular weight is 681 g/mol. The first-order valence-corrected chi connectivity index (χ1v) is 18.0. The van der Waals surface area contributed by atoms with Crippen molar-refractivity contribution in [1.29, 1.82) is 0 Å². The highest BCUT2D eigenvalue weighted by atomic mass is 32.2. The van der Waals surface area contributed by atoms with E-state index in [9.17, 15) is 4.79 Å². The lowest BCUT2D eigenvalue weighted by Crippen LogP contribution is -2.43. The van der Waals surface area contributed by atoms with E-state index in [4.69, 9.17) is 9.47 Å². The zero-order valence-corrected chi connectivity index (χ0v) is 29.7. The van der Waals surface area contributed by atoms with Crippen LogP contribution < -0.4 is 15.4 Å². The Kier molecular flexibility index (Phi) is 11.1. The largest absolute Gasteiger partial charge is 0.489 e. The summed E-state index contributed by atoms with van der Waals surface area (Å²) in [7, 11) is 0. The van der Waals surface area contributed by atoms with Crippen molar-refractivity contribution in [2.45, 2.75) is 50.3 Å². The Bertz CT molecular complexity index is 1880. The monoisotopic (exact) mass is 680 g/mol. The molecule has 0 saturated heterocycles. The number of hydrogen-bond donors (Lipinski definition) is 2. The Morgan fingerprint density at radius 3 is 1.86 bits per heavy atom. The highest BCUT2D eigenvalue weighted by molar-refractivity contribution is 8.00. The molecule has 6 aromatic rings. The van der Waals surface area contributed by atoms with E-state index >= 15 is 0 Å². The molecule has 0 bridgehead atoms. The lowest BCUT2D eigenvalue weighted by atomic mass is 9.84. The topological polar surface area (TPSA) is 59.6 Å². The Labute approximate surface area is 300 Å². The van der Waals surface area contributed by atoms with E-state index in [1.165, 1.54) is 27.5 Å². The maximum Gasteiger partial charge on any atom is 0.409 e. The summed E-state index contributed by atoms with van der Waals surface area (Å²) < 4.78 is 11.5. The molecular weight excluding hydrogens is 637 g/mol. The van der Waals surface area contributed by atoms with Gasteiger partial charge >= 0.3 is 6.09 Å². The number of benzene rings is 6. The number of amides is 1. The molecule has 1 atom stereocenters. The van der Waals surface area contributed by atoms with E-state index < -0.39 is 22.6 Å². The van der Waals surface area contributed by atoms with Gasteiger partial charge in [-0.05, 0) is 78.1 Å². The summed E-state index contributed by atoms with van der Waals surface area (Å²) in [5.74, 6) is 1.47. The smallest absolute Gasteiger partial charge is 0.409 e. The molecule has 0 heterocycles. The van der Waals surface area contributed by atoms with Crippen LogP contribution in [0.5, 0.6) is 5.75 Å². The van der Waals surface area contributed by atoms with Crippen LogP contribution in [-0.2, 0) is 16.1 Å². The Morgan fingerprint density at radius 2 is 1.24 bits per heavy atom. The van der Waals surface area contributed by atoms with Gasteiger partial charge in [0.15, 0.2) is 0 Å². The predicted molar refractivity (Wildman–Crippen MR) is 208 cm³/mol. The SMILES string of the molecule is CC(C)(C)OC(=O)N[C@H](CCSC(c1ccccc1)(c1ccccc1)c1ccccc1)Nc1cccc(OCc2cccc3ccccc23)c1. The highest BCUT2D eigenvalue weighted by Crippen LogP contribution is 2.48. The fourth-order valence-electron chi connectivity index (χ4n) is 6.18. The second kappa shape index (κ2) is 16.0. The third kappa shape index (κ3) is 8.68. The van der Waals surface area contributed by atoms with Crippen LogP contribution in [0.4, 0.5) is 10.5 Å². The van der Waals surface area contributed by atoms with Crippen molar-refractivity contribution in [3.63, 3.8) is 0 Å². The first-order valence-electron chi connectivity index (χ1n) is 17.1. The molecule has 0 saturated carbocycles. The lowest BCUT2D eigenvalue weighted by Gasteiger charge is -2.36. The van der Waals surface area contributed by atoms with Gasteiger partial charge in [0, 0.05) is 11.8 Å². The van der Waals surface area contributed by atoms with Gasteiger partial charge in [0.05, 0.1) is 4.75 Å². The first-order chi connectivity index (χ1) is 24.3. The molecule has 2 N–H and O–H groups in total. The normalized spacial score (nSPS) is 12.2. The van der Waals surface area contributed by atoms with Gasteiger partial charge < -0.3 is 20.1 Å². The van der Waals surface area contributed by atoms with Gasteiger partial charge in [0.2, 0.25) is 0 Å². The summed E-state index contributed by atoms with van der Waals surface area (Å²) in [5, 5.41) is 9.03. The Morgan fingerprint density at radius 1 is 0.680 bits per heavy atom. The van der Waals surface area contributed by atoms with E-state index in [0.29, 0.717) is 13.0 Å². The van der Waals surface area contributed by atoms with Gasteiger partial charge in [-0.15, -0.1) is 11.8 Å². The molecule has 0 radical (unpaired) electrons. The van der Waals surface area contributed by atoms with Gasteiger partial charge in [0.25, 0.3) is 0 Å². The minimum Gasteiger partial charge on any atom is -0.489 e. The average Bonchev–Trinajstić information content (AvgIpc) is 3.13. The molecule has 0 fully saturated rings. The summed E-state index contributed by atoms with van der Waals surface area (Å²) in [6.45, 7) is 6.06. The van der Waals surface area contributed by atoms with Gasteiger partial charge in [-0.25, -0.2) is 4.79 Å². The van der Waals surface area contributed by atoms with Crippen molar-refractivity contribution in [2.75, 3.05) is 11.1 Å². The number of rotatable bonds is 13. The molecule has 6 aromatic carbocycles. The van der Waals surface area contributed by atoms with Gasteiger partial charge in [-0.2, -0.15) is 0 Å². The molecule has 0 spiro atoms. The van der Waals surface area contributed by atoms with Crippen molar-refractivity contribution in [1.82, 2.24) is 5.32 Å². The van der Waals surface area contributed by atoms with Crippen LogP contribution in [0.25, 0.3) is 10.8 Å². The van der Waals surface area contributed by atoms with E-state index in [-0.39, 0.29) is 0 Å². The fraction of sp³-hybridized carbons (Fsp3) is 0.205. The number of carbonyl (C=O) groups is 1. The summed E-state index contributed by atoms with van der Waals surface area (Å²) in [4.78, 5) is 13.1. The highest BCUT2D eigenvalue weighted by Gasteiger charge is 2.37. The number of hydrogen-bond acceptors (Lipinski definition) is 5. The predicted octanol–water partition coefficient (Wildman–Crippen LogP) is 10.8. The van der Waals surface area contributed by atoms with Crippen LogP contribution in [0.2, 0.25) is 0 Å². The number of anilines is 1.